The maximum absolute atomic E-state index is 12.6. The number of nitrogens with zero attached hydrogens (tertiary/aromatic N) is 1. The van der Waals surface area contributed by atoms with Crippen LogP contribution in [0.5, 0.6) is 11.5 Å². The van der Waals surface area contributed by atoms with E-state index in [4.69, 9.17) is 26.8 Å². The zero-order valence-corrected chi connectivity index (χ0v) is 15.5. The normalized spacial score (nSPS) is 10.4. The largest absolute Gasteiger partial charge is 0.497 e. The number of benzene rings is 2. The van der Waals surface area contributed by atoms with Gasteiger partial charge < -0.3 is 20.1 Å². The third kappa shape index (κ3) is 4.79. The van der Waals surface area contributed by atoms with Crippen LogP contribution in [-0.4, -0.2) is 38.6 Å². The number of nitrogen functional groups attached to an aromatic ring is 1. The van der Waals surface area contributed by atoms with Crippen LogP contribution in [0.4, 0.5) is 5.69 Å². The molecule has 5 nitrogen and oxygen atoms in total. The van der Waals surface area contributed by atoms with E-state index in [1.165, 1.54) is 12.7 Å². The molecule has 0 unspecified atom stereocenters. The van der Waals surface area contributed by atoms with Gasteiger partial charge in [0.1, 0.15) is 11.5 Å². The molecule has 2 aromatic carbocycles. The molecule has 0 fully saturated rings. The van der Waals surface area contributed by atoms with Crippen molar-refractivity contribution in [2.24, 2.45) is 0 Å². The molecule has 2 aromatic rings. The van der Waals surface area contributed by atoms with Gasteiger partial charge in [-0.15, -0.1) is 0 Å². The van der Waals surface area contributed by atoms with E-state index in [0.29, 0.717) is 28.6 Å². The molecule has 134 valence electrons. The van der Waals surface area contributed by atoms with E-state index in [0.717, 1.165) is 18.6 Å². The van der Waals surface area contributed by atoms with E-state index in [1.807, 2.05) is 24.3 Å². The fourth-order valence-electron chi connectivity index (χ4n) is 2.52. The number of nitrogens with two attached hydrogens (primary N) is 1. The summed E-state index contributed by atoms with van der Waals surface area (Å²) in [6.45, 7) is 0.621. The first-order chi connectivity index (χ1) is 12.0. The number of aryl methyl sites for hydroxylation is 1. The maximum atomic E-state index is 12.6. The van der Waals surface area contributed by atoms with E-state index in [9.17, 15) is 4.79 Å². The fourth-order valence-corrected chi connectivity index (χ4v) is 2.69. The topological polar surface area (TPSA) is 64.8 Å². The van der Waals surface area contributed by atoms with Gasteiger partial charge in [0.25, 0.3) is 5.91 Å². The Kier molecular flexibility index (Phi) is 6.53. The smallest absolute Gasteiger partial charge is 0.257 e. The summed E-state index contributed by atoms with van der Waals surface area (Å²) >= 11 is 6.04. The lowest BCUT2D eigenvalue weighted by Crippen LogP contribution is -2.28. The number of carbonyl (C=O) groups is 1. The minimum Gasteiger partial charge on any atom is -0.497 e. The molecule has 6 heteroatoms. The predicted octanol–water partition coefficient (Wildman–Crippen LogP) is 3.64. The first-order valence-electron chi connectivity index (χ1n) is 7.97. The summed E-state index contributed by atoms with van der Waals surface area (Å²) in [5.74, 6) is 1.12. The lowest BCUT2D eigenvalue weighted by molar-refractivity contribution is 0.0790. The Balaban J connectivity index is 1.97. The fraction of sp³-hybridized carbons (Fsp3) is 0.316. The first kappa shape index (κ1) is 18.9. The van der Waals surface area contributed by atoms with Crippen LogP contribution in [0.25, 0.3) is 0 Å². The van der Waals surface area contributed by atoms with Crippen molar-refractivity contribution < 1.29 is 14.3 Å². The molecule has 0 aliphatic heterocycles. The summed E-state index contributed by atoms with van der Waals surface area (Å²) in [5, 5.41) is 0.343. The molecular formula is C19H23ClN2O3. The van der Waals surface area contributed by atoms with Crippen LogP contribution < -0.4 is 15.2 Å². The molecular weight excluding hydrogens is 340 g/mol. The van der Waals surface area contributed by atoms with Gasteiger partial charge in [-0.25, -0.2) is 0 Å². The van der Waals surface area contributed by atoms with Crippen LogP contribution in [0.15, 0.2) is 36.4 Å². The molecule has 0 spiro atoms. The number of amides is 1. The van der Waals surface area contributed by atoms with Crippen LogP contribution in [0.2, 0.25) is 5.02 Å². The summed E-state index contributed by atoms with van der Waals surface area (Å²) in [4.78, 5) is 14.3. The second-order valence-corrected chi connectivity index (χ2v) is 6.16. The van der Waals surface area contributed by atoms with Crippen molar-refractivity contribution in [3.63, 3.8) is 0 Å². The summed E-state index contributed by atoms with van der Waals surface area (Å²) in [6.07, 6.45) is 1.72. The van der Waals surface area contributed by atoms with Gasteiger partial charge in [0.2, 0.25) is 0 Å². The molecule has 2 rings (SSSR count). The van der Waals surface area contributed by atoms with Crippen LogP contribution >= 0.6 is 11.6 Å². The highest BCUT2D eigenvalue weighted by Crippen LogP contribution is 2.29. The van der Waals surface area contributed by atoms with Gasteiger partial charge in [0.05, 0.1) is 30.5 Å². The van der Waals surface area contributed by atoms with Gasteiger partial charge >= 0.3 is 0 Å². The van der Waals surface area contributed by atoms with Crippen molar-refractivity contribution in [1.29, 1.82) is 0 Å². The Morgan fingerprint density at radius 1 is 1.16 bits per heavy atom. The Labute approximate surface area is 153 Å². The minimum atomic E-state index is -0.145. The molecule has 1 amide bonds. The average Bonchev–Trinajstić information content (AvgIpc) is 2.63. The zero-order chi connectivity index (χ0) is 18.4. The third-order valence-electron chi connectivity index (χ3n) is 4.01. The summed E-state index contributed by atoms with van der Waals surface area (Å²) < 4.78 is 10.4. The van der Waals surface area contributed by atoms with Gasteiger partial charge in [-0.05, 0) is 36.6 Å². The molecule has 0 aliphatic rings. The highest BCUT2D eigenvalue weighted by atomic mass is 35.5. The van der Waals surface area contributed by atoms with Crippen molar-refractivity contribution >= 4 is 23.2 Å². The van der Waals surface area contributed by atoms with Gasteiger partial charge in [-0.3, -0.25) is 4.79 Å². The first-order valence-corrected chi connectivity index (χ1v) is 8.35. The Hall–Kier alpha value is -2.40. The third-order valence-corrected chi connectivity index (χ3v) is 4.34. The number of hydrogen-bond donors (Lipinski definition) is 1. The van der Waals surface area contributed by atoms with E-state index in [2.05, 4.69) is 0 Å². The van der Waals surface area contributed by atoms with E-state index >= 15 is 0 Å². The maximum Gasteiger partial charge on any atom is 0.257 e. The van der Waals surface area contributed by atoms with Gasteiger partial charge in [0, 0.05) is 19.7 Å². The molecule has 2 N–H and O–H groups in total. The SMILES string of the molecule is COc1ccc(CCCN(C)C(=O)c2cc(Cl)c(N)cc2OC)cc1. The van der Waals surface area contributed by atoms with Gasteiger partial charge in [-0.2, -0.15) is 0 Å². The van der Waals surface area contributed by atoms with Crippen LogP contribution in [0, 0.1) is 0 Å². The predicted molar refractivity (Wildman–Crippen MR) is 101 cm³/mol. The molecule has 0 aliphatic carbocycles. The number of anilines is 1. The monoisotopic (exact) mass is 362 g/mol. The quantitative estimate of drug-likeness (QED) is 0.763. The average molecular weight is 363 g/mol. The Morgan fingerprint density at radius 2 is 1.84 bits per heavy atom. The molecule has 0 saturated carbocycles. The van der Waals surface area contributed by atoms with Gasteiger partial charge in [-0.1, -0.05) is 23.7 Å². The molecule has 0 bridgehead atoms. The van der Waals surface area contributed by atoms with Crippen LogP contribution in [-0.2, 0) is 6.42 Å². The molecule has 0 aromatic heterocycles. The van der Waals surface area contributed by atoms with Crippen LogP contribution in [0.1, 0.15) is 22.3 Å². The second kappa shape index (κ2) is 8.62. The van der Waals surface area contributed by atoms with Crippen molar-refractivity contribution in [2.75, 3.05) is 33.5 Å². The molecule has 25 heavy (non-hydrogen) atoms. The number of methoxy groups -OCH3 is 2. The van der Waals surface area contributed by atoms with Crippen molar-refractivity contribution in [2.45, 2.75) is 12.8 Å². The lowest BCUT2D eigenvalue weighted by atomic mass is 10.1. The Bertz CT molecular complexity index is 732. The van der Waals surface area contributed by atoms with Crippen LogP contribution in [0.3, 0.4) is 0 Å². The van der Waals surface area contributed by atoms with Crippen molar-refractivity contribution in [3.8, 4) is 11.5 Å². The second-order valence-electron chi connectivity index (χ2n) is 5.75. The van der Waals surface area contributed by atoms with Crippen molar-refractivity contribution in [3.05, 3.63) is 52.5 Å². The van der Waals surface area contributed by atoms with E-state index in [-0.39, 0.29) is 5.91 Å². The number of carbonyl (C=O) groups excluding carboxylic acids is 1. The molecule has 0 saturated heterocycles. The number of ether oxygens (including phenoxy) is 2. The summed E-state index contributed by atoms with van der Waals surface area (Å²) in [5.41, 5.74) is 7.76. The zero-order valence-electron chi connectivity index (χ0n) is 14.7. The highest BCUT2D eigenvalue weighted by molar-refractivity contribution is 6.33. The van der Waals surface area contributed by atoms with Crippen molar-refractivity contribution in [1.82, 2.24) is 4.90 Å². The van der Waals surface area contributed by atoms with E-state index in [1.54, 1.807) is 31.2 Å². The van der Waals surface area contributed by atoms with E-state index < -0.39 is 0 Å². The standard InChI is InChI=1S/C19H23ClN2O3/c1-22(10-4-5-13-6-8-14(24-2)9-7-13)19(23)15-11-16(20)17(21)12-18(15)25-3/h6-9,11-12H,4-5,10,21H2,1-3H3. The summed E-state index contributed by atoms with van der Waals surface area (Å²) in [7, 11) is 4.91. The molecule has 0 radical (unpaired) electrons. The minimum absolute atomic E-state index is 0.145. The van der Waals surface area contributed by atoms with Gasteiger partial charge in [0.15, 0.2) is 0 Å². The number of rotatable bonds is 7. The lowest BCUT2D eigenvalue weighted by Gasteiger charge is -2.19. The number of hydrogen-bond acceptors (Lipinski definition) is 4. The summed E-state index contributed by atoms with van der Waals surface area (Å²) in [6, 6.07) is 11.1. The molecule has 0 heterocycles. The Morgan fingerprint density at radius 3 is 2.44 bits per heavy atom. The molecule has 0 atom stereocenters. The number of halogens is 1. The highest BCUT2D eigenvalue weighted by Gasteiger charge is 2.18.